The predicted octanol–water partition coefficient (Wildman–Crippen LogP) is 4.97. The normalized spacial score (nSPS) is 19.8. The highest BCUT2D eigenvalue weighted by Gasteiger charge is 2.36. The lowest BCUT2D eigenvalue weighted by atomic mass is 9.82. The molecule has 27 heavy (non-hydrogen) atoms. The molecule has 0 radical (unpaired) electrons. The summed E-state index contributed by atoms with van der Waals surface area (Å²) in [6.07, 6.45) is -2.15. The number of benzene rings is 2. The molecule has 1 N–H and O–H groups in total. The smallest absolute Gasteiger partial charge is 0.416 e. The van der Waals surface area contributed by atoms with E-state index in [1.54, 1.807) is 31.0 Å². The van der Waals surface area contributed by atoms with Crippen LogP contribution >= 0.6 is 11.8 Å². The molecule has 2 atom stereocenters. The van der Waals surface area contributed by atoms with Gasteiger partial charge in [-0.25, -0.2) is 0 Å². The van der Waals surface area contributed by atoms with Crippen LogP contribution in [0.5, 0.6) is 5.75 Å². The van der Waals surface area contributed by atoms with Crippen molar-refractivity contribution < 1.29 is 22.7 Å². The fourth-order valence-electron chi connectivity index (χ4n) is 3.42. The largest absolute Gasteiger partial charge is 0.497 e. The SMILES string of the molecule is COc1ccc(C2Cc3cc(C(F)(F)F)ccc3NC(=O)C2CSC)cc1. The first kappa shape index (κ1) is 19.6. The monoisotopic (exact) mass is 395 g/mol. The van der Waals surface area contributed by atoms with Crippen molar-refractivity contribution >= 4 is 23.4 Å². The molecule has 0 spiro atoms. The van der Waals surface area contributed by atoms with Crippen LogP contribution in [0, 0.1) is 5.92 Å². The maximum absolute atomic E-state index is 13.1. The minimum absolute atomic E-state index is 0.163. The van der Waals surface area contributed by atoms with Gasteiger partial charge in [0.2, 0.25) is 5.91 Å². The lowest BCUT2D eigenvalue weighted by Crippen LogP contribution is -2.28. The molecule has 144 valence electrons. The van der Waals surface area contributed by atoms with E-state index >= 15 is 0 Å². The first-order valence-electron chi connectivity index (χ1n) is 8.47. The molecular weight excluding hydrogens is 375 g/mol. The first-order chi connectivity index (χ1) is 12.8. The number of hydrogen-bond donors (Lipinski definition) is 1. The third kappa shape index (κ3) is 4.24. The number of halogens is 3. The molecule has 2 aromatic rings. The maximum Gasteiger partial charge on any atom is 0.416 e. The zero-order valence-electron chi connectivity index (χ0n) is 15.0. The number of hydrogen-bond acceptors (Lipinski definition) is 3. The molecule has 3 rings (SSSR count). The highest BCUT2D eigenvalue weighted by atomic mass is 32.2. The second-order valence-corrected chi connectivity index (χ2v) is 7.42. The van der Waals surface area contributed by atoms with Crippen LogP contribution in [0.1, 0.15) is 22.6 Å². The first-order valence-corrected chi connectivity index (χ1v) is 9.86. The molecule has 0 aliphatic carbocycles. The number of alkyl halides is 3. The van der Waals surface area contributed by atoms with E-state index in [-0.39, 0.29) is 17.7 Å². The van der Waals surface area contributed by atoms with Gasteiger partial charge < -0.3 is 10.1 Å². The highest BCUT2D eigenvalue weighted by Crippen LogP contribution is 2.39. The minimum atomic E-state index is -4.42. The Hall–Kier alpha value is -2.15. The Balaban J connectivity index is 2.04. The van der Waals surface area contributed by atoms with Gasteiger partial charge in [-0.3, -0.25) is 4.79 Å². The number of nitrogens with one attached hydrogen (secondary N) is 1. The minimum Gasteiger partial charge on any atom is -0.497 e. The van der Waals surface area contributed by atoms with Crippen molar-refractivity contribution in [2.75, 3.05) is 24.4 Å². The summed E-state index contributed by atoms with van der Waals surface area (Å²) in [5.41, 5.74) is 1.17. The third-order valence-electron chi connectivity index (χ3n) is 4.84. The Bertz CT molecular complexity index is 821. The van der Waals surface area contributed by atoms with Gasteiger partial charge in [-0.1, -0.05) is 12.1 Å². The number of methoxy groups -OCH3 is 1. The van der Waals surface area contributed by atoms with Gasteiger partial charge in [0.05, 0.1) is 18.6 Å². The van der Waals surface area contributed by atoms with Gasteiger partial charge in [0.1, 0.15) is 5.75 Å². The van der Waals surface area contributed by atoms with Crippen molar-refractivity contribution in [3.05, 3.63) is 59.2 Å². The zero-order chi connectivity index (χ0) is 19.6. The molecule has 7 heteroatoms. The second kappa shape index (κ2) is 7.84. The van der Waals surface area contributed by atoms with E-state index in [1.165, 1.54) is 6.07 Å². The number of carbonyl (C=O) groups excluding carboxylic acids is 1. The molecule has 1 heterocycles. The van der Waals surface area contributed by atoms with E-state index in [4.69, 9.17) is 4.74 Å². The van der Waals surface area contributed by atoms with Gasteiger partial charge in [0.15, 0.2) is 0 Å². The molecule has 2 unspecified atom stereocenters. The lowest BCUT2D eigenvalue weighted by Gasteiger charge is -2.23. The zero-order valence-corrected chi connectivity index (χ0v) is 15.8. The van der Waals surface area contributed by atoms with Gasteiger partial charge in [-0.05, 0) is 54.1 Å². The van der Waals surface area contributed by atoms with Crippen molar-refractivity contribution in [3.8, 4) is 5.75 Å². The van der Waals surface area contributed by atoms with Crippen LogP contribution in [0.3, 0.4) is 0 Å². The topological polar surface area (TPSA) is 38.3 Å². The predicted molar refractivity (Wildman–Crippen MR) is 101 cm³/mol. The second-order valence-electron chi connectivity index (χ2n) is 6.50. The maximum atomic E-state index is 13.1. The molecule has 0 bridgehead atoms. The van der Waals surface area contributed by atoms with Gasteiger partial charge in [-0.2, -0.15) is 24.9 Å². The summed E-state index contributed by atoms with van der Waals surface area (Å²) in [7, 11) is 1.57. The number of carbonyl (C=O) groups is 1. The van der Waals surface area contributed by atoms with E-state index in [0.29, 0.717) is 29.2 Å². The summed E-state index contributed by atoms with van der Waals surface area (Å²) < 4.78 is 44.6. The molecule has 0 aromatic heterocycles. The van der Waals surface area contributed by atoms with Crippen LogP contribution in [0.2, 0.25) is 0 Å². The summed E-state index contributed by atoms with van der Waals surface area (Å²) in [5.74, 6) is 0.563. The third-order valence-corrected chi connectivity index (χ3v) is 5.54. The van der Waals surface area contributed by atoms with Gasteiger partial charge in [-0.15, -0.1) is 0 Å². The van der Waals surface area contributed by atoms with Crippen LogP contribution in [0.4, 0.5) is 18.9 Å². The average Bonchev–Trinajstić information content (AvgIpc) is 2.77. The quantitative estimate of drug-likeness (QED) is 0.794. The molecule has 0 saturated heterocycles. The van der Waals surface area contributed by atoms with Gasteiger partial charge in [0.25, 0.3) is 0 Å². The summed E-state index contributed by atoms with van der Waals surface area (Å²) in [6, 6.07) is 10.9. The summed E-state index contributed by atoms with van der Waals surface area (Å²) >= 11 is 1.55. The molecule has 3 nitrogen and oxygen atoms in total. The van der Waals surface area contributed by atoms with Crippen LogP contribution in [-0.4, -0.2) is 25.0 Å². The van der Waals surface area contributed by atoms with Crippen molar-refractivity contribution in [1.29, 1.82) is 0 Å². The van der Waals surface area contributed by atoms with E-state index < -0.39 is 11.7 Å². The van der Waals surface area contributed by atoms with Crippen LogP contribution in [-0.2, 0) is 17.4 Å². The highest BCUT2D eigenvalue weighted by molar-refractivity contribution is 7.98. The Kier molecular flexibility index (Phi) is 5.69. The number of ether oxygens (including phenoxy) is 1. The van der Waals surface area contributed by atoms with Crippen molar-refractivity contribution in [3.63, 3.8) is 0 Å². The summed E-state index contributed by atoms with van der Waals surface area (Å²) in [5, 5.41) is 2.81. The Morgan fingerprint density at radius 2 is 1.89 bits per heavy atom. The van der Waals surface area contributed by atoms with E-state index in [1.807, 2.05) is 18.4 Å². The fourth-order valence-corrected chi connectivity index (χ4v) is 4.16. The standard InChI is InChI=1S/C20H20F3NO2S/c1-26-15-6-3-12(4-7-15)16-10-13-9-14(20(21,22)23)5-8-18(13)24-19(25)17(16)11-27-2/h3-9,16-17H,10-11H2,1-2H3,(H,24,25). The molecule has 0 saturated carbocycles. The van der Waals surface area contributed by atoms with Gasteiger partial charge >= 0.3 is 6.18 Å². The fraction of sp³-hybridized carbons (Fsp3) is 0.350. The number of rotatable bonds is 4. The Labute approximate surface area is 160 Å². The molecule has 1 amide bonds. The van der Waals surface area contributed by atoms with Crippen molar-refractivity contribution in [2.24, 2.45) is 5.92 Å². The van der Waals surface area contributed by atoms with Crippen LogP contribution < -0.4 is 10.1 Å². The van der Waals surface area contributed by atoms with E-state index in [9.17, 15) is 18.0 Å². The molecule has 0 fully saturated rings. The summed E-state index contributed by atoms with van der Waals surface area (Å²) in [6.45, 7) is 0. The molecular formula is C20H20F3NO2S. The summed E-state index contributed by atoms with van der Waals surface area (Å²) in [4.78, 5) is 12.8. The van der Waals surface area contributed by atoms with Gasteiger partial charge in [0, 0.05) is 17.4 Å². The van der Waals surface area contributed by atoms with Crippen LogP contribution in [0.15, 0.2) is 42.5 Å². The van der Waals surface area contributed by atoms with E-state index in [0.717, 1.165) is 17.7 Å². The van der Waals surface area contributed by atoms with Crippen LogP contribution in [0.25, 0.3) is 0 Å². The molecule has 2 aromatic carbocycles. The van der Waals surface area contributed by atoms with Crippen molar-refractivity contribution in [2.45, 2.75) is 18.5 Å². The number of amides is 1. The number of thioether (sulfide) groups is 1. The van der Waals surface area contributed by atoms with E-state index in [2.05, 4.69) is 5.32 Å². The molecule has 1 aliphatic heterocycles. The van der Waals surface area contributed by atoms with Crippen molar-refractivity contribution in [1.82, 2.24) is 0 Å². The Morgan fingerprint density at radius 3 is 2.48 bits per heavy atom. The molecule has 1 aliphatic rings. The number of anilines is 1. The lowest BCUT2D eigenvalue weighted by molar-refractivity contribution is -0.137. The number of fused-ring (bicyclic) bond motifs is 1. The Morgan fingerprint density at radius 1 is 1.19 bits per heavy atom. The average molecular weight is 395 g/mol.